The second kappa shape index (κ2) is 4.63. The van der Waals surface area contributed by atoms with Gasteiger partial charge in [-0.3, -0.25) is 0 Å². The molecule has 0 aliphatic rings. The Bertz CT molecular complexity index is 235. The zero-order valence-corrected chi connectivity index (χ0v) is 9.23. The van der Waals surface area contributed by atoms with E-state index in [2.05, 4.69) is 12.6 Å². The zero-order chi connectivity index (χ0) is 9.46. The van der Waals surface area contributed by atoms with E-state index in [-0.39, 0.29) is 29.6 Å². The summed E-state index contributed by atoms with van der Waals surface area (Å²) in [6.07, 6.45) is 0. The molecule has 0 bridgehead atoms. The number of hydrogen-bond donors (Lipinski definition) is 1. The summed E-state index contributed by atoms with van der Waals surface area (Å²) in [7, 11) is 0. The minimum absolute atomic E-state index is 0. The Hall–Kier alpha value is 0.220. The van der Waals surface area contributed by atoms with Gasteiger partial charge in [-0.05, 0) is 0 Å². The molecule has 1 aromatic carbocycles. The number of halogens is 5. The summed E-state index contributed by atoms with van der Waals surface area (Å²) in [6.45, 7) is 0. The third-order valence-electron chi connectivity index (χ3n) is 1.19. The van der Waals surface area contributed by atoms with Crippen molar-refractivity contribution in [1.82, 2.24) is 0 Å². The molecule has 0 fully saturated rings. The van der Waals surface area contributed by atoms with Gasteiger partial charge in [0.15, 0.2) is 23.3 Å². The van der Waals surface area contributed by atoms with Gasteiger partial charge in [-0.15, -0.1) is 12.6 Å². The first-order chi connectivity index (χ1) is 5.46. The van der Waals surface area contributed by atoms with Crippen molar-refractivity contribution in [3.8, 4) is 0 Å². The maximum absolute atomic E-state index is 12.3. The summed E-state index contributed by atoms with van der Waals surface area (Å²) in [5.74, 6) is -10.00. The summed E-state index contributed by atoms with van der Waals surface area (Å²) < 4.78 is 61.3. The number of rotatable bonds is 0. The number of hydrogen-bond acceptors (Lipinski definition) is 1. The van der Waals surface area contributed by atoms with Gasteiger partial charge in [0.05, 0.1) is 4.90 Å². The fourth-order valence-electron chi connectivity index (χ4n) is 0.593. The van der Waals surface area contributed by atoms with Crippen LogP contribution in [0.15, 0.2) is 4.90 Å². The van der Waals surface area contributed by atoms with Crippen LogP contribution in [-0.2, 0) is 0 Å². The molecule has 1 rings (SSSR count). The van der Waals surface area contributed by atoms with Crippen LogP contribution in [0, 0.1) is 29.1 Å². The Kier molecular flexibility index (Phi) is 4.71. The van der Waals surface area contributed by atoms with Crippen molar-refractivity contribution in [3.63, 3.8) is 0 Å². The van der Waals surface area contributed by atoms with Crippen molar-refractivity contribution >= 4 is 42.2 Å². The van der Waals surface area contributed by atoms with Crippen molar-refractivity contribution in [3.05, 3.63) is 29.1 Å². The summed E-state index contributed by atoms with van der Waals surface area (Å²) in [5.41, 5.74) is 0. The molecule has 0 aliphatic carbocycles. The second-order valence-electron chi connectivity index (χ2n) is 1.92. The molecule has 0 saturated carbocycles. The van der Waals surface area contributed by atoms with Gasteiger partial charge in [-0.25, -0.2) is 22.0 Å². The van der Waals surface area contributed by atoms with Crippen molar-refractivity contribution in [2.45, 2.75) is 4.90 Å². The third kappa shape index (κ3) is 2.18. The maximum atomic E-state index is 12.3. The topological polar surface area (TPSA) is 0 Å². The largest absolute Gasteiger partial charge is 0.202 e. The molecule has 0 spiro atoms. The van der Waals surface area contributed by atoms with Crippen LogP contribution in [0.2, 0.25) is 0 Å². The summed E-state index contributed by atoms with van der Waals surface area (Å²) >= 11 is 3.10. The van der Waals surface area contributed by atoms with E-state index in [1.165, 1.54) is 0 Å². The molecule has 0 unspecified atom stereocenters. The monoisotopic (exact) mass is 223 g/mol. The average molecular weight is 223 g/mol. The first kappa shape index (κ1) is 13.2. The van der Waals surface area contributed by atoms with Crippen LogP contribution in [0.4, 0.5) is 22.0 Å². The summed E-state index contributed by atoms with van der Waals surface area (Å²) in [5, 5.41) is 0. The zero-order valence-electron chi connectivity index (χ0n) is 6.34. The van der Waals surface area contributed by atoms with Crippen LogP contribution in [0.25, 0.3) is 0 Å². The van der Waals surface area contributed by atoms with E-state index in [4.69, 9.17) is 0 Å². The maximum Gasteiger partial charge on any atom is 0.200 e. The molecular formula is C6HF5NaS. The minimum Gasteiger partial charge on any atom is -0.202 e. The number of benzene rings is 1. The van der Waals surface area contributed by atoms with E-state index in [1.807, 2.05) is 0 Å². The smallest absolute Gasteiger partial charge is 0.200 e. The average Bonchev–Trinajstić information content (AvgIpc) is 2.08. The van der Waals surface area contributed by atoms with E-state index in [0.717, 1.165) is 0 Å². The Morgan fingerprint density at radius 2 is 0.846 bits per heavy atom. The summed E-state index contributed by atoms with van der Waals surface area (Å²) in [6, 6.07) is 0. The SMILES string of the molecule is Fc1c(F)c(F)c(S)c(F)c1F.[Na]. The molecule has 0 saturated heterocycles. The van der Waals surface area contributed by atoms with Crippen molar-refractivity contribution in [2.75, 3.05) is 0 Å². The van der Waals surface area contributed by atoms with E-state index in [9.17, 15) is 22.0 Å². The van der Waals surface area contributed by atoms with Crippen LogP contribution in [0.5, 0.6) is 0 Å². The summed E-state index contributed by atoms with van der Waals surface area (Å²) in [4.78, 5) is -1.17. The first-order valence-corrected chi connectivity index (χ1v) is 3.12. The normalized spacial score (nSPS) is 9.69. The first-order valence-electron chi connectivity index (χ1n) is 2.67. The van der Waals surface area contributed by atoms with Crippen molar-refractivity contribution < 1.29 is 22.0 Å². The van der Waals surface area contributed by atoms with Crippen molar-refractivity contribution in [2.24, 2.45) is 0 Å². The predicted molar refractivity (Wildman–Crippen MR) is 39.2 cm³/mol. The second-order valence-corrected chi connectivity index (χ2v) is 2.37. The molecule has 7 heteroatoms. The molecule has 67 valence electrons. The van der Waals surface area contributed by atoms with E-state index < -0.39 is 34.0 Å². The minimum atomic E-state index is -2.18. The molecule has 1 radical (unpaired) electrons. The fourth-order valence-corrected chi connectivity index (χ4v) is 0.790. The molecule has 13 heavy (non-hydrogen) atoms. The standard InChI is InChI=1S/C6HF5S.Na/c7-1-2(8)4(10)6(12)5(11)3(1)9;/h12H;. The van der Waals surface area contributed by atoms with E-state index >= 15 is 0 Å². The molecule has 0 aliphatic heterocycles. The van der Waals surface area contributed by atoms with Crippen molar-refractivity contribution in [1.29, 1.82) is 0 Å². The molecule has 0 amide bonds. The van der Waals surface area contributed by atoms with Crippen LogP contribution >= 0.6 is 12.6 Å². The van der Waals surface area contributed by atoms with Gasteiger partial charge in [-0.1, -0.05) is 0 Å². The van der Waals surface area contributed by atoms with Gasteiger partial charge < -0.3 is 0 Å². The molecule has 0 aromatic heterocycles. The Balaban J connectivity index is 0.00000144. The van der Waals surface area contributed by atoms with Gasteiger partial charge in [0, 0.05) is 29.6 Å². The van der Waals surface area contributed by atoms with Crippen LogP contribution in [0.1, 0.15) is 0 Å². The van der Waals surface area contributed by atoms with Gasteiger partial charge >= 0.3 is 0 Å². The Morgan fingerprint density at radius 1 is 0.615 bits per heavy atom. The Labute approximate surface area is 97.8 Å². The number of thiol groups is 1. The van der Waals surface area contributed by atoms with Gasteiger partial charge in [-0.2, -0.15) is 0 Å². The van der Waals surface area contributed by atoms with E-state index in [0.29, 0.717) is 0 Å². The van der Waals surface area contributed by atoms with Gasteiger partial charge in [0.2, 0.25) is 5.82 Å². The quantitative estimate of drug-likeness (QED) is 0.225. The molecular weight excluding hydrogens is 222 g/mol. The van der Waals surface area contributed by atoms with Gasteiger partial charge in [0.25, 0.3) is 0 Å². The van der Waals surface area contributed by atoms with Gasteiger partial charge in [0.1, 0.15) is 0 Å². The molecule has 0 nitrogen and oxygen atoms in total. The Morgan fingerprint density at radius 3 is 1.15 bits per heavy atom. The van der Waals surface area contributed by atoms with Crippen LogP contribution in [-0.4, -0.2) is 29.6 Å². The van der Waals surface area contributed by atoms with E-state index in [1.54, 1.807) is 0 Å². The molecule has 0 atom stereocenters. The molecule has 1 aromatic rings. The van der Waals surface area contributed by atoms with Crippen LogP contribution < -0.4 is 0 Å². The fraction of sp³-hybridized carbons (Fsp3) is 0. The third-order valence-corrected chi connectivity index (χ3v) is 1.58. The van der Waals surface area contributed by atoms with Crippen LogP contribution in [0.3, 0.4) is 0 Å². The predicted octanol–water partition coefficient (Wildman–Crippen LogP) is 2.29. The molecule has 0 heterocycles. The molecule has 0 N–H and O–H groups in total.